The summed E-state index contributed by atoms with van der Waals surface area (Å²) in [7, 11) is 1.92. The van der Waals surface area contributed by atoms with Crippen molar-refractivity contribution in [1.82, 2.24) is 15.1 Å². The summed E-state index contributed by atoms with van der Waals surface area (Å²) < 4.78 is 16.7. The van der Waals surface area contributed by atoms with Gasteiger partial charge in [-0.15, -0.1) is 0 Å². The van der Waals surface area contributed by atoms with Crippen LogP contribution in [0.3, 0.4) is 0 Å². The lowest BCUT2D eigenvalue weighted by molar-refractivity contribution is 0.604. The van der Waals surface area contributed by atoms with Crippen LogP contribution in [0.1, 0.15) is 11.3 Å². The molecule has 1 N–H and O–H groups in total. The van der Waals surface area contributed by atoms with E-state index in [0.717, 1.165) is 35.2 Å². The molecule has 0 amide bonds. The molecule has 0 fully saturated rings. The highest BCUT2D eigenvalue weighted by molar-refractivity contribution is 9.10. The standard InChI is InChI=1S/C13H13BrFN3/c1-18-12-4-5-16-7-10(12)13(17-18)9-6-8(14)2-3-11(9)15/h2-3,6,16H,4-5,7H2,1H3. The van der Waals surface area contributed by atoms with Crippen LogP contribution < -0.4 is 5.32 Å². The Bertz CT molecular complexity index is 607. The molecule has 0 unspecified atom stereocenters. The van der Waals surface area contributed by atoms with Crippen molar-refractivity contribution in [3.63, 3.8) is 0 Å². The first-order valence-corrected chi connectivity index (χ1v) is 6.67. The van der Waals surface area contributed by atoms with E-state index < -0.39 is 0 Å². The highest BCUT2D eigenvalue weighted by atomic mass is 79.9. The molecule has 0 spiro atoms. The van der Waals surface area contributed by atoms with Crippen molar-refractivity contribution in [2.24, 2.45) is 7.05 Å². The molecule has 0 atom stereocenters. The molecular formula is C13H13BrFN3. The van der Waals surface area contributed by atoms with Crippen molar-refractivity contribution in [2.75, 3.05) is 6.54 Å². The maximum Gasteiger partial charge on any atom is 0.132 e. The fourth-order valence-corrected chi connectivity index (χ4v) is 2.78. The second-order valence-electron chi connectivity index (χ2n) is 4.45. The van der Waals surface area contributed by atoms with Crippen LogP contribution in [-0.4, -0.2) is 16.3 Å². The lowest BCUT2D eigenvalue weighted by Gasteiger charge is -2.14. The van der Waals surface area contributed by atoms with E-state index in [2.05, 4.69) is 26.3 Å². The van der Waals surface area contributed by atoms with Gasteiger partial charge in [0.25, 0.3) is 0 Å². The first kappa shape index (κ1) is 11.9. The zero-order valence-corrected chi connectivity index (χ0v) is 11.6. The highest BCUT2D eigenvalue weighted by Crippen LogP contribution is 2.30. The van der Waals surface area contributed by atoms with Crippen LogP contribution >= 0.6 is 15.9 Å². The van der Waals surface area contributed by atoms with E-state index in [1.165, 1.54) is 11.8 Å². The van der Waals surface area contributed by atoms with Crippen LogP contribution in [0.5, 0.6) is 0 Å². The summed E-state index contributed by atoms with van der Waals surface area (Å²) in [6.45, 7) is 1.71. The minimum atomic E-state index is -0.232. The fourth-order valence-electron chi connectivity index (χ4n) is 2.42. The van der Waals surface area contributed by atoms with Gasteiger partial charge < -0.3 is 5.32 Å². The second-order valence-corrected chi connectivity index (χ2v) is 5.36. The van der Waals surface area contributed by atoms with Crippen LogP contribution in [-0.2, 0) is 20.0 Å². The maximum absolute atomic E-state index is 13.9. The Balaban J connectivity index is 2.20. The number of halogens is 2. The van der Waals surface area contributed by atoms with Crippen molar-refractivity contribution in [1.29, 1.82) is 0 Å². The molecular weight excluding hydrogens is 297 g/mol. The third-order valence-electron chi connectivity index (χ3n) is 3.30. The van der Waals surface area contributed by atoms with E-state index in [9.17, 15) is 4.39 Å². The van der Waals surface area contributed by atoms with E-state index >= 15 is 0 Å². The van der Waals surface area contributed by atoms with E-state index in [-0.39, 0.29) is 5.82 Å². The number of rotatable bonds is 1. The molecule has 0 saturated heterocycles. The quantitative estimate of drug-likeness (QED) is 0.877. The normalized spacial score (nSPS) is 14.6. The van der Waals surface area contributed by atoms with Gasteiger partial charge in [-0.1, -0.05) is 15.9 Å². The second kappa shape index (κ2) is 4.48. The molecule has 0 radical (unpaired) electrons. The molecule has 1 aliphatic rings. The highest BCUT2D eigenvalue weighted by Gasteiger charge is 2.21. The third-order valence-corrected chi connectivity index (χ3v) is 3.79. The van der Waals surface area contributed by atoms with Crippen LogP contribution in [0.15, 0.2) is 22.7 Å². The van der Waals surface area contributed by atoms with E-state index in [4.69, 9.17) is 0 Å². The largest absolute Gasteiger partial charge is 0.312 e. The Morgan fingerprint density at radius 1 is 1.44 bits per heavy atom. The van der Waals surface area contributed by atoms with E-state index in [1.54, 1.807) is 12.1 Å². The predicted octanol–water partition coefficient (Wildman–Crippen LogP) is 2.63. The van der Waals surface area contributed by atoms with Gasteiger partial charge in [-0.2, -0.15) is 5.10 Å². The number of hydrogen-bond acceptors (Lipinski definition) is 2. The average molecular weight is 310 g/mol. The van der Waals surface area contributed by atoms with Gasteiger partial charge in [-0.05, 0) is 18.2 Å². The van der Waals surface area contributed by atoms with Gasteiger partial charge in [0.2, 0.25) is 0 Å². The first-order valence-electron chi connectivity index (χ1n) is 5.87. The summed E-state index contributed by atoms with van der Waals surface area (Å²) in [6, 6.07) is 4.95. The van der Waals surface area contributed by atoms with Gasteiger partial charge in [0.05, 0.1) is 0 Å². The van der Waals surface area contributed by atoms with Crippen molar-refractivity contribution in [3.05, 3.63) is 39.7 Å². The SMILES string of the molecule is Cn1nc(-c2cc(Br)ccc2F)c2c1CCNC2. The molecule has 0 saturated carbocycles. The van der Waals surface area contributed by atoms with E-state index in [0.29, 0.717) is 5.56 Å². The molecule has 94 valence electrons. The number of aromatic nitrogens is 2. The number of fused-ring (bicyclic) bond motifs is 1. The summed E-state index contributed by atoms with van der Waals surface area (Å²) in [5.74, 6) is -0.232. The topological polar surface area (TPSA) is 29.9 Å². The van der Waals surface area contributed by atoms with Crippen LogP contribution in [0.25, 0.3) is 11.3 Å². The van der Waals surface area contributed by atoms with E-state index in [1.807, 2.05) is 11.7 Å². The zero-order chi connectivity index (χ0) is 12.7. The molecule has 5 heteroatoms. The molecule has 0 bridgehead atoms. The molecule has 3 rings (SSSR count). The predicted molar refractivity (Wildman–Crippen MR) is 71.7 cm³/mol. The molecule has 1 aromatic heterocycles. The summed E-state index contributed by atoms with van der Waals surface area (Å²) >= 11 is 3.38. The first-order chi connectivity index (χ1) is 8.66. The Kier molecular flexibility index (Phi) is 2.95. The van der Waals surface area contributed by atoms with Crippen LogP contribution in [0.2, 0.25) is 0 Å². The van der Waals surface area contributed by atoms with Gasteiger partial charge >= 0.3 is 0 Å². The molecule has 1 aromatic carbocycles. The molecule has 2 aromatic rings. The number of nitrogens with one attached hydrogen (secondary N) is 1. The number of aryl methyl sites for hydroxylation is 1. The molecule has 0 aliphatic carbocycles. The minimum absolute atomic E-state index is 0.232. The van der Waals surface area contributed by atoms with Crippen molar-refractivity contribution >= 4 is 15.9 Å². The molecule has 1 aliphatic heterocycles. The summed E-state index contributed by atoms with van der Waals surface area (Å²) in [5, 5.41) is 7.79. The molecule has 18 heavy (non-hydrogen) atoms. The van der Waals surface area contributed by atoms with Gasteiger partial charge in [0, 0.05) is 47.9 Å². The smallest absolute Gasteiger partial charge is 0.132 e. The minimum Gasteiger partial charge on any atom is -0.312 e. The number of hydrogen-bond donors (Lipinski definition) is 1. The van der Waals surface area contributed by atoms with Crippen molar-refractivity contribution in [3.8, 4) is 11.3 Å². The number of nitrogens with zero attached hydrogens (tertiary/aromatic N) is 2. The Labute approximate surface area is 113 Å². The van der Waals surface area contributed by atoms with Crippen molar-refractivity contribution in [2.45, 2.75) is 13.0 Å². The lowest BCUT2D eigenvalue weighted by Crippen LogP contribution is -2.24. The Morgan fingerprint density at radius 3 is 3.11 bits per heavy atom. The fraction of sp³-hybridized carbons (Fsp3) is 0.308. The van der Waals surface area contributed by atoms with Crippen LogP contribution in [0, 0.1) is 5.82 Å². The Hall–Kier alpha value is -1.20. The third kappa shape index (κ3) is 1.87. The lowest BCUT2D eigenvalue weighted by atomic mass is 10.0. The van der Waals surface area contributed by atoms with Crippen molar-refractivity contribution < 1.29 is 4.39 Å². The zero-order valence-electron chi connectivity index (χ0n) is 10.0. The van der Waals surface area contributed by atoms with Gasteiger partial charge in [-0.25, -0.2) is 4.39 Å². The monoisotopic (exact) mass is 309 g/mol. The summed E-state index contributed by atoms with van der Waals surface area (Å²) in [5.41, 5.74) is 3.62. The van der Waals surface area contributed by atoms with Crippen LogP contribution in [0.4, 0.5) is 4.39 Å². The summed E-state index contributed by atoms with van der Waals surface area (Å²) in [4.78, 5) is 0. The maximum atomic E-state index is 13.9. The van der Waals surface area contributed by atoms with Gasteiger partial charge in [0.1, 0.15) is 11.5 Å². The average Bonchev–Trinajstić information content (AvgIpc) is 2.71. The molecule has 3 nitrogen and oxygen atoms in total. The number of benzene rings is 1. The molecule has 2 heterocycles. The Morgan fingerprint density at radius 2 is 2.28 bits per heavy atom. The summed E-state index contributed by atoms with van der Waals surface area (Å²) in [6.07, 6.45) is 0.939. The van der Waals surface area contributed by atoms with Gasteiger partial charge in [0.15, 0.2) is 0 Å². The van der Waals surface area contributed by atoms with Gasteiger partial charge in [-0.3, -0.25) is 4.68 Å².